The Balaban J connectivity index is 1.17. The van der Waals surface area contributed by atoms with Gasteiger partial charge in [-0.15, -0.1) is 0 Å². The van der Waals surface area contributed by atoms with Gasteiger partial charge in [0.2, 0.25) is 11.8 Å². The van der Waals surface area contributed by atoms with Gasteiger partial charge in [-0.3, -0.25) is 19.2 Å². The van der Waals surface area contributed by atoms with E-state index in [2.05, 4.69) is 38.1 Å². The normalized spacial score (nSPS) is 21.8. The van der Waals surface area contributed by atoms with Crippen molar-refractivity contribution in [3.8, 4) is 0 Å². The molecular weight excluding hydrogens is 408 g/mol. The van der Waals surface area contributed by atoms with E-state index < -0.39 is 0 Å². The van der Waals surface area contributed by atoms with Gasteiger partial charge in [-0.2, -0.15) is 5.10 Å². The smallest absolute Gasteiger partial charge is 0.239 e. The molecule has 174 valence electrons. The van der Waals surface area contributed by atoms with E-state index in [1.807, 2.05) is 24.7 Å². The number of hydrogen-bond donors (Lipinski definition) is 4. The largest absolute Gasteiger partial charge is 0.395 e. The third-order valence-corrected chi connectivity index (χ3v) is 6.69. The van der Waals surface area contributed by atoms with Crippen LogP contribution >= 0.6 is 0 Å². The molecule has 9 heteroatoms. The Kier molecular flexibility index (Phi) is 6.95. The zero-order valence-electron chi connectivity index (χ0n) is 18.9. The van der Waals surface area contributed by atoms with Crippen LogP contribution in [0.1, 0.15) is 31.2 Å². The molecule has 2 aliphatic rings. The van der Waals surface area contributed by atoms with E-state index in [1.54, 1.807) is 0 Å². The van der Waals surface area contributed by atoms with Crippen molar-refractivity contribution in [2.24, 2.45) is 13.0 Å². The fourth-order valence-corrected chi connectivity index (χ4v) is 4.88. The molecule has 2 amide bonds. The topological polar surface area (TPSA) is 112 Å². The number of hydrogen-bond acceptors (Lipinski definition) is 6. The minimum Gasteiger partial charge on any atom is -0.395 e. The van der Waals surface area contributed by atoms with Crippen molar-refractivity contribution in [1.82, 2.24) is 25.3 Å². The molecule has 1 aromatic heterocycles. The van der Waals surface area contributed by atoms with Crippen molar-refractivity contribution < 1.29 is 14.7 Å². The minimum absolute atomic E-state index is 0.0182. The van der Waals surface area contributed by atoms with Crippen LogP contribution < -0.4 is 16.0 Å². The lowest BCUT2D eigenvalue weighted by Gasteiger charge is -2.46. The predicted octanol–water partition coefficient (Wildman–Crippen LogP) is 0.761. The van der Waals surface area contributed by atoms with Gasteiger partial charge in [0, 0.05) is 44.0 Å². The highest BCUT2D eigenvalue weighted by molar-refractivity contribution is 5.92. The van der Waals surface area contributed by atoms with Gasteiger partial charge in [0.25, 0.3) is 0 Å². The van der Waals surface area contributed by atoms with E-state index in [9.17, 15) is 9.59 Å². The maximum absolute atomic E-state index is 12.4. The van der Waals surface area contributed by atoms with Crippen LogP contribution in [0.3, 0.4) is 0 Å². The SMILES string of the molecule is Cc1ccc2c(c1)c(NCC(=O)NC1CN(C3CCC(C(=O)NCCO)CC3)C1)nn2C. The summed E-state index contributed by atoms with van der Waals surface area (Å²) in [6, 6.07) is 6.85. The first-order valence-electron chi connectivity index (χ1n) is 11.5. The average Bonchev–Trinajstić information content (AvgIpc) is 3.07. The number of benzene rings is 1. The van der Waals surface area contributed by atoms with Crippen LogP contribution in [-0.2, 0) is 16.6 Å². The van der Waals surface area contributed by atoms with Crippen molar-refractivity contribution in [2.75, 3.05) is 38.1 Å². The third-order valence-electron chi connectivity index (χ3n) is 6.69. The summed E-state index contributed by atoms with van der Waals surface area (Å²) in [4.78, 5) is 26.9. The highest BCUT2D eigenvalue weighted by Crippen LogP contribution is 2.30. The van der Waals surface area contributed by atoms with Gasteiger partial charge >= 0.3 is 0 Å². The zero-order valence-corrected chi connectivity index (χ0v) is 18.9. The number of anilines is 1. The van der Waals surface area contributed by atoms with Crippen LogP contribution in [0.5, 0.6) is 0 Å². The summed E-state index contributed by atoms with van der Waals surface area (Å²) < 4.78 is 1.82. The second kappa shape index (κ2) is 9.87. The second-order valence-corrected chi connectivity index (χ2v) is 9.08. The maximum atomic E-state index is 12.4. The molecule has 32 heavy (non-hydrogen) atoms. The molecule has 4 N–H and O–H groups in total. The van der Waals surface area contributed by atoms with Crippen LogP contribution in [0.25, 0.3) is 10.9 Å². The lowest BCUT2D eigenvalue weighted by molar-refractivity contribution is -0.127. The summed E-state index contributed by atoms with van der Waals surface area (Å²) in [7, 11) is 1.90. The summed E-state index contributed by atoms with van der Waals surface area (Å²) in [6.07, 6.45) is 3.78. The molecule has 2 aromatic rings. The molecule has 9 nitrogen and oxygen atoms in total. The molecule has 0 bridgehead atoms. The molecule has 0 spiro atoms. The van der Waals surface area contributed by atoms with Gasteiger partial charge in [-0.05, 0) is 44.7 Å². The monoisotopic (exact) mass is 442 g/mol. The number of carbonyl (C=O) groups is 2. The molecule has 1 saturated carbocycles. The number of carbonyl (C=O) groups excluding carboxylic acids is 2. The minimum atomic E-state index is -0.0228. The molecule has 1 saturated heterocycles. The van der Waals surface area contributed by atoms with Gasteiger partial charge in [0.1, 0.15) is 0 Å². The standard InChI is InChI=1S/C23H34N6O3/c1-15-3-8-20-19(11-15)22(27-28(20)2)25-12-21(31)26-17-13-29(14-17)18-6-4-16(5-7-18)23(32)24-9-10-30/h3,8,11,16-18,30H,4-7,9-10,12-14H2,1-2H3,(H,24,32)(H,25,27)(H,26,31). The molecule has 2 fully saturated rings. The quantitative estimate of drug-likeness (QED) is 0.480. The maximum Gasteiger partial charge on any atom is 0.239 e. The number of aromatic nitrogens is 2. The molecule has 0 unspecified atom stereocenters. The molecule has 0 atom stereocenters. The van der Waals surface area contributed by atoms with Crippen LogP contribution in [0, 0.1) is 12.8 Å². The Bertz CT molecular complexity index is 960. The molecular formula is C23H34N6O3. The Morgan fingerprint density at radius 2 is 1.94 bits per heavy atom. The van der Waals surface area contributed by atoms with Crippen LogP contribution in [0.2, 0.25) is 0 Å². The van der Waals surface area contributed by atoms with Gasteiger partial charge in [-0.1, -0.05) is 11.6 Å². The Morgan fingerprint density at radius 3 is 2.66 bits per heavy atom. The van der Waals surface area contributed by atoms with Crippen molar-refractivity contribution in [1.29, 1.82) is 0 Å². The molecule has 1 aliphatic carbocycles. The van der Waals surface area contributed by atoms with Gasteiger partial charge in [-0.25, -0.2) is 0 Å². The average molecular weight is 443 g/mol. The van der Waals surface area contributed by atoms with E-state index in [-0.39, 0.29) is 36.9 Å². The van der Waals surface area contributed by atoms with Crippen molar-refractivity contribution >= 4 is 28.5 Å². The first kappa shape index (κ1) is 22.5. The van der Waals surface area contributed by atoms with Crippen molar-refractivity contribution in [3.63, 3.8) is 0 Å². The molecule has 1 aliphatic heterocycles. The lowest BCUT2D eigenvalue weighted by Crippen LogP contribution is -2.63. The van der Waals surface area contributed by atoms with Crippen LogP contribution in [0.4, 0.5) is 5.82 Å². The number of rotatable bonds is 8. The number of aryl methyl sites for hydroxylation is 2. The van der Waals surface area contributed by atoms with Crippen LogP contribution in [-0.4, -0.2) is 76.5 Å². The fourth-order valence-electron chi connectivity index (χ4n) is 4.88. The predicted molar refractivity (Wildman–Crippen MR) is 123 cm³/mol. The summed E-state index contributed by atoms with van der Waals surface area (Å²) in [5.74, 6) is 0.837. The van der Waals surface area contributed by atoms with E-state index >= 15 is 0 Å². The van der Waals surface area contributed by atoms with E-state index in [1.165, 1.54) is 0 Å². The fraction of sp³-hybridized carbons (Fsp3) is 0.609. The summed E-state index contributed by atoms with van der Waals surface area (Å²) >= 11 is 0. The highest BCUT2D eigenvalue weighted by Gasteiger charge is 2.36. The summed E-state index contributed by atoms with van der Waals surface area (Å²) in [6.45, 7) is 4.29. The number of aliphatic hydroxyl groups is 1. The Hall–Kier alpha value is -2.65. The van der Waals surface area contributed by atoms with Crippen molar-refractivity contribution in [3.05, 3.63) is 23.8 Å². The summed E-state index contributed by atoms with van der Waals surface area (Å²) in [5, 5.41) is 23.4. The van der Waals surface area contributed by atoms with E-state index in [0.717, 1.165) is 61.1 Å². The summed E-state index contributed by atoms with van der Waals surface area (Å²) in [5.41, 5.74) is 2.20. The number of aliphatic hydroxyl groups excluding tert-OH is 1. The first-order valence-corrected chi connectivity index (χ1v) is 11.5. The molecule has 4 rings (SSSR count). The molecule has 2 heterocycles. The van der Waals surface area contributed by atoms with Gasteiger partial charge in [0.15, 0.2) is 5.82 Å². The number of nitrogens with zero attached hydrogens (tertiary/aromatic N) is 3. The number of amides is 2. The second-order valence-electron chi connectivity index (χ2n) is 9.08. The molecule has 1 aromatic carbocycles. The van der Waals surface area contributed by atoms with E-state index in [4.69, 9.17) is 5.11 Å². The van der Waals surface area contributed by atoms with E-state index in [0.29, 0.717) is 12.6 Å². The Labute approximate surface area is 188 Å². The zero-order chi connectivity index (χ0) is 22.7. The molecule has 0 radical (unpaired) electrons. The van der Waals surface area contributed by atoms with Crippen molar-refractivity contribution in [2.45, 2.75) is 44.7 Å². The first-order chi connectivity index (χ1) is 15.4. The number of nitrogens with one attached hydrogen (secondary N) is 3. The van der Waals surface area contributed by atoms with Gasteiger partial charge in [0.05, 0.1) is 24.7 Å². The Morgan fingerprint density at radius 1 is 1.19 bits per heavy atom. The third kappa shape index (κ3) is 5.05. The van der Waals surface area contributed by atoms with Crippen LogP contribution in [0.15, 0.2) is 18.2 Å². The number of fused-ring (bicyclic) bond motifs is 1. The highest BCUT2D eigenvalue weighted by atomic mass is 16.3. The number of likely N-dealkylation sites (tertiary alicyclic amines) is 1. The lowest BCUT2D eigenvalue weighted by atomic mass is 9.83. The van der Waals surface area contributed by atoms with Gasteiger partial charge < -0.3 is 21.1 Å².